The van der Waals surface area contributed by atoms with Gasteiger partial charge in [0, 0.05) is 18.6 Å². The average molecular weight is 408 g/mol. The van der Waals surface area contributed by atoms with Gasteiger partial charge >= 0.3 is 5.97 Å². The topological polar surface area (TPSA) is 107 Å². The number of β-amino-alcohol motifs (C(OH)–C–C–N with tert-alkyl or cyclic N) is 1. The quantitative estimate of drug-likeness (QED) is 0.610. The molecule has 2 N–H and O–H groups in total. The standard InChI is InChI=1S/C21H32N2O6/c1-6-10-23(19(3,4)5)17(26)15-21-9-8-20(7-2,29-21)14(18(27)28)13(21)16(25)22(15)11-12-24/h6,13-15,24H,1,7-12H2,2-5H3,(H,27,28)/t13-,14+,15?,20-,21?/m0/s1. The van der Waals surface area contributed by atoms with Crippen LogP contribution in [0.15, 0.2) is 12.7 Å². The number of aliphatic carboxylic acids is 1. The fraction of sp³-hybridized carbons (Fsp3) is 0.762. The molecule has 3 heterocycles. The highest BCUT2D eigenvalue weighted by atomic mass is 16.5. The molecule has 2 bridgehead atoms. The number of rotatable bonds is 7. The van der Waals surface area contributed by atoms with E-state index in [1.807, 2.05) is 27.7 Å². The van der Waals surface area contributed by atoms with E-state index in [1.165, 1.54) is 4.90 Å². The monoisotopic (exact) mass is 408 g/mol. The van der Waals surface area contributed by atoms with Crippen molar-refractivity contribution >= 4 is 17.8 Å². The van der Waals surface area contributed by atoms with Crippen molar-refractivity contribution in [3.63, 3.8) is 0 Å². The van der Waals surface area contributed by atoms with Crippen LogP contribution in [0, 0.1) is 11.8 Å². The summed E-state index contributed by atoms with van der Waals surface area (Å²) in [5, 5.41) is 19.5. The van der Waals surface area contributed by atoms with Crippen LogP contribution in [-0.4, -0.2) is 80.3 Å². The lowest BCUT2D eigenvalue weighted by Gasteiger charge is -2.42. The number of fused-ring (bicyclic) bond motifs is 1. The molecule has 1 spiro atoms. The van der Waals surface area contributed by atoms with Gasteiger partial charge in [-0.15, -0.1) is 6.58 Å². The van der Waals surface area contributed by atoms with E-state index in [1.54, 1.807) is 11.0 Å². The molecule has 0 aromatic heterocycles. The van der Waals surface area contributed by atoms with Crippen LogP contribution in [0.5, 0.6) is 0 Å². The first-order valence-corrected chi connectivity index (χ1v) is 10.3. The summed E-state index contributed by atoms with van der Waals surface area (Å²) >= 11 is 0. The zero-order chi connectivity index (χ0) is 21.8. The van der Waals surface area contributed by atoms with Gasteiger partial charge in [-0.05, 0) is 40.0 Å². The van der Waals surface area contributed by atoms with Crippen LogP contribution in [0.4, 0.5) is 0 Å². The van der Waals surface area contributed by atoms with E-state index >= 15 is 0 Å². The minimum Gasteiger partial charge on any atom is -0.481 e. The van der Waals surface area contributed by atoms with Crippen molar-refractivity contribution in [1.29, 1.82) is 0 Å². The molecule has 8 heteroatoms. The van der Waals surface area contributed by atoms with E-state index in [0.29, 0.717) is 25.8 Å². The molecule has 3 fully saturated rings. The number of carbonyl (C=O) groups is 3. The van der Waals surface area contributed by atoms with Gasteiger partial charge in [0.1, 0.15) is 17.6 Å². The van der Waals surface area contributed by atoms with Crippen LogP contribution in [0.1, 0.15) is 47.0 Å². The molecule has 29 heavy (non-hydrogen) atoms. The van der Waals surface area contributed by atoms with Gasteiger partial charge in [0.15, 0.2) is 0 Å². The summed E-state index contributed by atoms with van der Waals surface area (Å²) in [6.07, 6.45) is 3.04. The first-order chi connectivity index (χ1) is 13.5. The number of likely N-dealkylation sites (tertiary alicyclic amines) is 1. The van der Waals surface area contributed by atoms with Gasteiger partial charge in [-0.25, -0.2) is 0 Å². The maximum atomic E-state index is 13.8. The number of aliphatic hydroxyl groups is 1. The van der Waals surface area contributed by atoms with Crippen LogP contribution < -0.4 is 0 Å². The largest absolute Gasteiger partial charge is 0.481 e. The summed E-state index contributed by atoms with van der Waals surface area (Å²) in [4.78, 5) is 42.3. The normalized spacial score (nSPS) is 35.7. The first-order valence-electron chi connectivity index (χ1n) is 10.3. The zero-order valence-corrected chi connectivity index (χ0v) is 17.7. The van der Waals surface area contributed by atoms with E-state index in [9.17, 15) is 24.6 Å². The van der Waals surface area contributed by atoms with Gasteiger partial charge in [0.05, 0.1) is 18.1 Å². The van der Waals surface area contributed by atoms with Crippen LogP contribution >= 0.6 is 0 Å². The maximum Gasteiger partial charge on any atom is 0.310 e. The highest BCUT2D eigenvalue weighted by molar-refractivity contribution is 5.98. The Hall–Kier alpha value is -1.93. The molecule has 0 radical (unpaired) electrons. The molecule has 0 aliphatic carbocycles. The smallest absolute Gasteiger partial charge is 0.310 e. The number of hydrogen-bond donors (Lipinski definition) is 2. The van der Waals surface area contributed by atoms with Crippen molar-refractivity contribution in [1.82, 2.24) is 9.80 Å². The molecule has 5 atom stereocenters. The lowest BCUT2D eigenvalue weighted by molar-refractivity contribution is -0.159. The van der Waals surface area contributed by atoms with E-state index in [4.69, 9.17) is 4.74 Å². The maximum absolute atomic E-state index is 13.8. The van der Waals surface area contributed by atoms with Gasteiger partial charge in [-0.3, -0.25) is 14.4 Å². The Labute approximate surface area is 171 Å². The lowest BCUT2D eigenvalue weighted by Crippen LogP contribution is -2.60. The number of aliphatic hydroxyl groups excluding tert-OH is 1. The highest BCUT2D eigenvalue weighted by Gasteiger charge is 2.79. The van der Waals surface area contributed by atoms with E-state index in [2.05, 4.69) is 6.58 Å². The van der Waals surface area contributed by atoms with Crippen molar-refractivity contribution in [3.8, 4) is 0 Å². The number of amides is 2. The SMILES string of the molecule is C=CCN(C(=O)C1N(CCO)C(=O)[C@@H]2[C@H](C(=O)O)[C@]3(CC)CCC12O3)C(C)(C)C. The van der Waals surface area contributed by atoms with Crippen molar-refractivity contribution < 1.29 is 29.3 Å². The van der Waals surface area contributed by atoms with Crippen molar-refractivity contribution in [2.45, 2.75) is 69.7 Å². The second kappa shape index (κ2) is 7.09. The van der Waals surface area contributed by atoms with Gasteiger partial charge in [-0.2, -0.15) is 0 Å². The summed E-state index contributed by atoms with van der Waals surface area (Å²) in [5.74, 6) is -3.68. The van der Waals surface area contributed by atoms with Crippen LogP contribution in [-0.2, 0) is 19.1 Å². The van der Waals surface area contributed by atoms with Gasteiger partial charge in [-0.1, -0.05) is 13.0 Å². The number of nitrogens with zero attached hydrogens (tertiary/aromatic N) is 2. The summed E-state index contributed by atoms with van der Waals surface area (Å²) < 4.78 is 6.42. The molecule has 8 nitrogen and oxygen atoms in total. The fourth-order valence-corrected chi connectivity index (χ4v) is 5.69. The Kier molecular flexibility index (Phi) is 5.32. The third kappa shape index (κ3) is 2.91. The van der Waals surface area contributed by atoms with Crippen LogP contribution in [0.3, 0.4) is 0 Å². The second-order valence-corrected chi connectivity index (χ2v) is 9.34. The third-order valence-electron chi connectivity index (χ3n) is 6.91. The van der Waals surface area contributed by atoms with Gasteiger partial charge in [0.25, 0.3) is 0 Å². The summed E-state index contributed by atoms with van der Waals surface area (Å²) in [7, 11) is 0. The van der Waals surface area contributed by atoms with E-state index in [-0.39, 0.29) is 19.1 Å². The van der Waals surface area contributed by atoms with Crippen molar-refractivity contribution in [2.75, 3.05) is 19.7 Å². The van der Waals surface area contributed by atoms with Gasteiger partial charge in [0.2, 0.25) is 11.8 Å². The number of hydrogen-bond acceptors (Lipinski definition) is 5. The Bertz CT molecular complexity index is 731. The Balaban J connectivity index is 2.13. The molecule has 3 rings (SSSR count). The molecule has 3 aliphatic heterocycles. The van der Waals surface area contributed by atoms with Crippen molar-refractivity contribution in [3.05, 3.63) is 12.7 Å². The summed E-state index contributed by atoms with van der Waals surface area (Å²) in [6.45, 7) is 11.3. The minimum absolute atomic E-state index is 0.0333. The number of carboxylic acid groups (broad SMARTS) is 1. The molecule has 3 saturated heterocycles. The Morgan fingerprint density at radius 1 is 1.38 bits per heavy atom. The molecular formula is C21H32N2O6. The number of carbonyl (C=O) groups excluding carboxylic acids is 2. The van der Waals surface area contributed by atoms with Crippen LogP contribution in [0.25, 0.3) is 0 Å². The number of ether oxygens (including phenoxy) is 1. The molecular weight excluding hydrogens is 376 g/mol. The third-order valence-corrected chi connectivity index (χ3v) is 6.91. The molecule has 2 unspecified atom stereocenters. The summed E-state index contributed by atoms with van der Waals surface area (Å²) in [6, 6.07) is -0.955. The predicted molar refractivity (Wildman–Crippen MR) is 105 cm³/mol. The van der Waals surface area contributed by atoms with E-state index in [0.717, 1.165) is 0 Å². The van der Waals surface area contributed by atoms with E-state index < -0.39 is 46.5 Å². The Morgan fingerprint density at radius 3 is 2.52 bits per heavy atom. The zero-order valence-electron chi connectivity index (χ0n) is 17.7. The molecule has 0 saturated carbocycles. The fourth-order valence-electron chi connectivity index (χ4n) is 5.69. The molecule has 0 aromatic carbocycles. The molecule has 162 valence electrons. The second-order valence-electron chi connectivity index (χ2n) is 9.34. The highest BCUT2D eigenvalue weighted by Crippen LogP contribution is 2.64. The number of carboxylic acids is 1. The van der Waals surface area contributed by atoms with Gasteiger partial charge < -0.3 is 24.7 Å². The summed E-state index contributed by atoms with van der Waals surface area (Å²) in [5.41, 5.74) is -2.63. The first kappa shape index (κ1) is 21.8. The Morgan fingerprint density at radius 2 is 2.03 bits per heavy atom. The molecule has 2 amide bonds. The van der Waals surface area contributed by atoms with Crippen molar-refractivity contribution in [2.24, 2.45) is 11.8 Å². The molecule has 0 aromatic rings. The average Bonchev–Trinajstić information content (AvgIpc) is 3.23. The predicted octanol–water partition coefficient (Wildman–Crippen LogP) is 1.03. The molecule has 3 aliphatic rings. The lowest BCUT2D eigenvalue weighted by atomic mass is 9.65. The van der Waals surface area contributed by atoms with Crippen LogP contribution in [0.2, 0.25) is 0 Å². The minimum atomic E-state index is -1.17.